The predicted octanol–water partition coefficient (Wildman–Crippen LogP) is 0.240. The molecule has 8 heavy (non-hydrogen) atoms. The number of phosphoric acid groups is 1. The topological polar surface area (TPSA) is 55.8 Å². The van der Waals surface area contributed by atoms with E-state index in [0.29, 0.717) is 0 Å². The Bertz CT molecular complexity index is 86.0. The summed E-state index contributed by atoms with van der Waals surface area (Å²) in [5, 5.41) is 0. The predicted molar refractivity (Wildman–Crippen MR) is 21.4 cm³/mol. The molecule has 0 aromatic rings. The molecule has 0 fully saturated rings. The van der Waals surface area contributed by atoms with Gasteiger partial charge < -0.3 is 0 Å². The average Bonchev–Trinajstić information content (AvgIpc) is 1.68. The van der Waals surface area contributed by atoms with Crippen molar-refractivity contribution in [1.29, 1.82) is 0 Å². The summed E-state index contributed by atoms with van der Waals surface area (Å²) in [5.41, 5.74) is 0. The zero-order valence-corrected chi connectivity index (χ0v) is 3.77. The maximum absolute atomic E-state index is 10.4. The van der Waals surface area contributed by atoms with Gasteiger partial charge in [-0.3, -0.25) is 4.89 Å². The third-order valence-electron chi connectivity index (χ3n) is 0.174. The Labute approximate surface area is 102 Å². The van der Waals surface area contributed by atoms with Crippen molar-refractivity contribution in [1.82, 2.24) is 0 Å². The van der Waals surface area contributed by atoms with Crippen LogP contribution in [0.25, 0.3) is 0 Å². The fourth-order valence-electron chi connectivity index (χ4n) is 0.0106. The van der Waals surface area contributed by atoms with Crippen LogP contribution in [0.3, 0.4) is 0 Å². The van der Waals surface area contributed by atoms with Crippen molar-refractivity contribution in [2.45, 2.75) is 0 Å². The van der Waals surface area contributed by atoms with Gasteiger partial charge in [0.1, 0.15) is 0 Å². The van der Waals surface area contributed by atoms with Gasteiger partial charge in [-0.05, 0) is 9.05 Å². The summed E-state index contributed by atoms with van der Waals surface area (Å²) in [6, 6.07) is 0. The van der Waals surface area contributed by atoms with Gasteiger partial charge in [0.15, 0.2) is 0 Å². The molecule has 0 saturated heterocycles. The number of hydrogen-bond acceptors (Lipinski definition) is 3. The van der Waals surface area contributed by atoms with E-state index in [4.69, 9.17) is 4.89 Å². The molecular formula is H2CsF2O4P. The van der Waals surface area contributed by atoms with Gasteiger partial charge in [-0.1, -0.05) is 9.46 Å². The second-order valence-electron chi connectivity index (χ2n) is 0.607. The summed E-state index contributed by atoms with van der Waals surface area (Å²) >= 11 is 0. The molecule has 0 aliphatic carbocycles. The van der Waals surface area contributed by atoms with Crippen molar-refractivity contribution in [2.75, 3.05) is 0 Å². The molecule has 0 bridgehead atoms. The monoisotopic (exact) mass is 268 g/mol. The van der Waals surface area contributed by atoms with Crippen LogP contribution in [0.1, 0.15) is 0 Å². The van der Waals surface area contributed by atoms with Gasteiger partial charge in [-0.2, -0.15) is 0 Å². The van der Waals surface area contributed by atoms with Crippen molar-refractivity contribution in [3.63, 3.8) is 0 Å². The molecule has 0 aromatic carbocycles. The number of halogens is 2. The Morgan fingerprint density at radius 1 is 1.38 bits per heavy atom. The van der Waals surface area contributed by atoms with Crippen molar-refractivity contribution in [2.24, 2.45) is 0 Å². The van der Waals surface area contributed by atoms with Crippen LogP contribution in [-0.4, -0.2) is 73.8 Å². The molecule has 0 radical (unpaired) electrons. The minimum atomic E-state index is -4.99. The van der Waals surface area contributed by atoms with Crippen molar-refractivity contribution >= 4 is 76.7 Å². The van der Waals surface area contributed by atoms with Gasteiger partial charge in [-0.15, -0.1) is 0 Å². The molecule has 8 heteroatoms. The summed E-state index contributed by atoms with van der Waals surface area (Å²) in [6.45, 7) is 0. The first-order valence-corrected chi connectivity index (χ1v) is 2.55. The molecule has 0 aromatic heterocycles. The molecule has 0 rings (SSSR count). The van der Waals surface area contributed by atoms with Crippen LogP contribution >= 0.6 is 7.82 Å². The van der Waals surface area contributed by atoms with E-state index in [1.54, 1.807) is 0 Å². The Morgan fingerprint density at radius 2 is 1.62 bits per heavy atom. The van der Waals surface area contributed by atoms with Crippen LogP contribution in [0, 0.1) is 0 Å². The third kappa shape index (κ3) is 6.15. The van der Waals surface area contributed by atoms with E-state index in [1.807, 2.05) is 0 Å². The van der Waals surface area contributed by atoms with E-state index < -0.39 is 7.82 Å². The van der Waals surface area contributed by atoms with E-state index in [9.17, 15) is 13.6 Å². The molecule has 0 aliphatic heterocycles. The van der Waals surface area contributed by atoms with E-state index in [2.05, 4.69) is 9.46 Å². The summed E-state index contributed by atoms with van der Waals surface area (Å²) in [5.74, 6) is 0. The first-order valence-electron chi connectivity index (χ1n) is 1.06. The average molecular weight is 268 g/mol. The zero-order valence-electron chi connectivity index (χ0n) is 2.88. The summed E-state index contributed by atoms with van der Waals surface area (Å²) in [4.78, 5) is 7.49. The quantitative estimate of drug-likeness (QED) is 0.729. The molecule has 0 amide bonds. The van der Waals surface area contributed by atoms with E-state index in [-0.39, 0.29) is 68.9 Å². The molecule has 0 saturated carbocycles. The zero-order chi connectivity index (χ0) is 5.91. The first-order chi connectivity index (χ1) is 3.12. The van der Waals surface area contributed by atoms with Crippen molar-refractivity contribution in [3.05, 3.63) is 0 Å². The van der Waals surface area contributed by atoms with Crippen LogP contribution in [0.4, 0.5) is 9.05 Å². The summed E-state index contributed by atoms with van der Waals surface area (Å²) < 4.78 is 34.3. The van der Waals surface area contributed by atoms with Gasteiger partial charge in [0.2, 0.25) is 0 Å². The molecule has 0 spiro atoms. The van der Waals surface area contributed by atoms with E-state index in [1.165, 1.54) is 0 Å². The number of rotatable bonds is 2. The Balaban J connectivity index is 0. The Morgan fingerprint density at radius 3 is 1.62 bits per heavy atom. The van der Waals surface area contributed by atoms with Crippen LogP contribution in [0.2, 0.25) is 0 Å². The second-order valence-corrected chi connectivity index (χ2v) is 1.82. The normalized spacial score (nSPS) is 10.4. The maximum atomic E-state index is 10.4. The molecular weight excluding hydrogens is 266 g/mol. The standard InChI is InChI=1S/Cs.F2HO4P.H/c;1-5-7(3,4)6-2;/h;(H,3,4);. The van der Waals surface area contributed by atoms with Crippen molar-refractivity contribution < 1.29 is 28.0 Å². The van der Waals surface area contributed by atoms with Gasteiger partial charge in [-0.25, -0.2) is 4.57 Å². The second kappa shape index (κ2) is 5.78. The van der Waals surface area contributed by atoms with Crippen LogP contribution < -0.4 is 0 Å². The van der Waals surface area contributed by atoms with E-state index >= 15 is 0 Å². The minimum absolute atomic E-state index is 0. The molecule has 46 valence electrons. The molecule has 1 N–H and O–H groups in total. The number of hydrogen-bond donors (Lipinski definition) is 1. The SMILES string of the molecule is O=P(O)(OF)OF.[CsH]. The van der Waals surface area contributed by atoms with Crippen LogP contribution in [-0.2, 0) is 14.0 Å². The fourth-order valence-corrected chi connectivity index (χ4v) is 0.0319. The van der Waals surface area contributed by atoms with Crippen LogP contribution in [0.5, 0.6) is 0 Å². The van der Waals surface area contributed by atoms with Crippen LogP contribution in [0.15, 0.2) is 0 Å². The third-order valence-corrected chi connectivity index (χ3v) is 0.523. The molecule has 4 nitrogen and oxygen atoms in total. The molecule has 0 aliphatic rings. The van der Waals surface area contributed by atoms with Crippen molar-refractivity contribution in [3.8, 4) is 0 Å². The Hall–Kier alpha value is 2.02. The Kier molecular flexibility index (Phi) is 9.16. The van der Waals surface area contributed by atoms with Gasteiger partial charge in [0.25, 0.3) is 0 Å². The van der Waals surface area contributed by atoms with Gasteiger partial charge in [0.05, 0.1) is 0 Å². The summed E-state index contributed by atoms with van der Waals surface area (Å²) in [6.07, 6.45) is 0. The fraction of sp³-hybridized carbons (Fsp3) is 0. The first kappa shape index (κ1) is 12.7. The molecule has 0 heterocycles. The summed E-state index contributed by atoms with van der Waals surface area (Å²) in [7, 11) is -4.99. The van der Waals surface area contributed by atoms with E-state index in [0.717, 1.165) is 0 Å². The van der Waals surface area contributed by atoms with Gasteiger partial charge in [0, 0.05) is 0 Å². The molecule has 0 unspecified atom stereocenters. The van der Waals surface area contributed by atoms with Gasteiger partial charge >= 0.3 is 76.7 Å². The molecule has 0 atom stereocenters.